The number of rotatable bonds is 9. The highest BCUT2D eigenvalue weighted by molar-refractivity contribution is 5.26. The summed E-state index contributed by atoms with van der Waals surface area (Å²) in [5.41, 5.74) is 1.09. The van der Waals surface area contributed by atoms with Gasteiger partial charge in [-0.15, -0.1) is 18.4 Å². The van der Waals surface area contributed by atoms with Crippen LogP contribution in [-0.2, 0) is 16.1 Å². The molecule has 21 heavy (non-hydrogen) atoms. The second kappa shape index (κ2) is 10.0. The van der Waals surface area contributed by atoms with Crippen LogP contribution in [0.3, 0.4) is 0 Å². The second-order valence-electron chi connectivity index (χ2n) is 4.60. The Morgan fingerprint density at radius 1 is 1.24 bits per heavy atom. The van der Waals surface area contributed by atoms with Crippen LogP contribution in [0.25, 0.3) is 0 Å². The third-order valence-electron chi connectivity index (χ3n) is 3.23. The summed E-state index contributed by atoms with van der Waals surface area (Å²) >= 11 is 0. The third kappa shape index (κ3) is 6.03. The Balaban J connectivity index is 2.54. The summed E-state index contributed by atoms with van der Waals surface area (Å²) in [5, 5.41) is 0. The van der Waals surface area contributed by atoms with E-state index in [4.69, 9.17) is 14.2 Å². The molecule has 3 heteroatoms. The van der Waals surface area contributed by atoms with Crippen LogP contribution in [0.15, 0.2) is 36.9 Å². The first-order valence-electron chi connectivity index (χ1n) is 7.04. The minimum absolute atomic E-state index is 0.0263. The molecule has 0 saturated carbocycles. The molecule has 0 unspecified atom stereocenters. The molecule has 1 aromatic carbocycles. The first-order chi connectivity index (χ1) is 10.2. The molecule has 0 saturated heterocycles. The standard InChI is InChI=1S/C18H24O3/c1-5-7-8-9-18(20-4)17(6-2)21-14-15-10-12-16(19-3)13-11-15/h6,10-13,17-18H,2,8-9,14H2,1,3-4H3/t17-,18+/m1/s1. The van der Waals surface area contributed by atoms with Crippen molar-refractivity contribution in [1.82, 2.24) is 0 Å². The zero-order valence-electron chi connectivity index (χ0n) is 13.1. The van der Waals surface area contributed by atoms with Crippen molar-refractivity contribution in [3.05, 3.63) is 42.5 Å². The van der Waals surface area contributed by atoms with Crippen molar-refractivity contribution in [2.24, 2.45) is 0 Å². The van der Waals surface area contributed by atoms with Gasteiger partial charge in [0.2, 0.25) is 0 Å². The van der Waals surface area contributed by atoms with Gasteiger partial charge >= 0.3 is 0 Å². The van der Waals surface area contributed by atoms with E-state index < -0.39 is 0 Å². The van der Waals surface area contributed by atoms with Crippen LogP contribution in [0.5, 0.6) is 5.75 Å². The van der Waals surface area contributed by atoms with Crippen LogP contribution < -0.4 is 4.74 Å². The summed E-state index contributed by atoms with van der Waals surface area (Å²) in [4.78, 5) is 0. The molecule has 0 aliphatic carbocycles. The van der Waals surface area contributed by atoms with E-state index in [0.29, 0.717) is 6.61 Å². The number of hydrogen-bond donors (Lipinski definition) is 0. The van der Waals surface area contributed by atoms with Gasteiger partial charge < -0.3 is 14.2 Å². The third-order valence-corrected chi connectivity index (χ3v) is 3.23. The maximum Gasteiger partial charge on any atom is 0.118 e. The zero-order chi connectivity index (χ0) is 15.5. The summed E-state index contributed by atoms with van der Waals surface area (Å²) < 4.78 is 16.5. The van der Waals surface area contributed by atoms with Gasteiger partial charge in [-0.2, -0.15) is 0 Å². The average Bonchev–Trinajstić information content (AvgIpc) is 2.54. The molecule has 0 bridgehead atoms. The Morgan fingerprint density at radius 3 is 2.48 bits per heavy atom. The molecular weight excluding hydrogens is 264 g/mol. The van der Waals surface area contributed by atoms with E-state index in [1.807, 2.05) is 31.2 Å². The molecule has 0 amide bonds. The molecule has 0 fully saturated rings. The molecule has 1 aromatic rings. The van der Waals surface area contributed by atoms with Gasteiger partial charge in [0.1, 0.15) is 11.9 Å². The molecule has 0 aliphatic heterocycles. The van der Waals surface area contributed by atoms with Crippen molar-refractivity contribution in [3.8, 4) is 17.6 Å². The van der Waals surface area contributed by atoms with Gasteiger partial charge in [0.25, 0.3) is 0 Å². The smallest absolute Gasteiger partial charge is 0.118 e. The Hall–Kier alpha value is -1.76. The molecular formula is C18H24O3. The molecule has 0 aliphatic rings. The fourth-order valence-corrected chi connectivity index (χ4v) is 2.00. The van der Waals surface area contributed by atoms with E-state index in [1.165, 1.54) is 0 Å². The van der Waals surface area contributed by atoms with Crippen LogP contribution in [0, 0.1) is 11.8 Å². The largest absolute Gasteiger partial charge is 0.497 e. The maximum absolute atomic E-state index is 5.90. The number of benzene rings is 1. The average molecular weight is 288 g/mol. The van der Waals surface area contributed by atoms with E-state index in [-0.39, 0.29) is 12.2 Å². The lowest BCUT2D eigenvalue weighted by atomic mass is 10.1. The molecule has 1 rings (SSSR count). The Morgan fingerprint density at radius 2 is 1.95 bits per heavy atom. The molecule has 0 heterocycles. The highest BCUT2D eigenvalue weighted by Crippen LogP contribution is 2.16. The molecule has 0 aromatic heterocycles. The molecule has 0 spiro atoms. The number of methoxy groups -OCH3 is 2. The van der Waals surface area contributed by atoms with Crippen molar-refractivity contribution < 1.29 is 14.2 Å². The molecule has 0 radical (unpaired) electrons. The normalized spacial score (nSPS) is 12.9. The minimum atomic E-state index is -0.143. The fraction of sp³-hybridized carbons (Fsp3) is 0.444. The maximum atomic E-state index is 5.90. The summed E-state index contributed by atoms with van der Waals surface area (Å²) in [6, 6.07) is 7.82. The number of ether oxygens (including phenoxy) is 3. The van der Waals surface area contributed by atoms with E-state index in [0.717, 1.165) is 24.2 Å². The summed E-state index contributed by atoms with van der Waals surface area (Å²) in [6.07, 6.45) is 3.25. The highest BCUT2D eigenvalue weighted by Gasteiger charge is 2.18. The lowest BCUT2D eigenvalue weighted by Crippen LogP contribution is -2.28. The zero-order valence-corrected chi connectivity index (χ0v) is 13.1. The van der Waals surface area contributed by atoms with Gasteiger partial charge in [-0.05, 0) is 31.0 Å². The first kappa shape index (κ1) is 17.3. The van der Waals surface area contributed by atoms with Crippen LogP contribution in [0.2, 0.25) is 0 Å². The van der Waals surface area contributed by atoms with E-state index in [2.05, 4.69) is 18.4 Å². The van der Waals surface area contributed by atoms with Gasteiger partial charge in [-0.25, -0.2) is 0 Å². The lowest BCUT2D eigenvalue weighted by Gasteiger charge is -2.23. The second-order valence-corrected chi connectivity index (χ2v) is 4.60. The van der Waals surface area contributed by atoms with Gasteiger partial charge in [0.15, 0.2) is 0 Å². The Labute approximate surface area is 127 Å². The molecule has 2 atom stereocenters. The SMILES string of the molecule is C=C[C@@H](OCc1ccc(OC)cc1)[C@H](CCC#CC)OC. The Kier molecular flexibility index (Phi) is 8.27. The molecule has 114 valence electrons. The van der Waals surface area contributed by atoms with Crippen molar-refractivity contribution in [3.63, 3.8) is 0 Å². The van der Waals surface area contributed by atoms with Crippen molar-refractivity contribution >= 4 is 0 Å². The Bertz CT molecular complexity index is 467. The van der Waals surface area contributed by atoms with Crippen LogP contribution in [0.1, 0.15) is 25.3 Å². The number of hydrogen-bond acceptors (Lipinski definition) is 3. The van der Waals surface area contributed by atoms with Gasteiger partial charge in [0.05, 0.1) is 19.8 Å². The fourth-order valence-electron chi connectivity index (χ4n) is 2.00. The van der Waals surface area contributed by atoms with E-state index >= 15 is 0 Å². The van der Waals surface area contributed by atoms with E-state index in [1.54, 1.807) is 20.3 Å². The highest BCUT2D eigenvalue weighted by atomic mass is 16.5. The monoisotopic (exact) mass is 288 g/mol. The van der Waals surface area contributed by atoms with Crippen molar-refractivity contribution in [2.45, 2.75) is 38.6 Å². The quantitative estimate of drug-likeness (QED) is 0.513. The molecule has 0 N–H and O–H groups in total. The van der Waals surface area contributed by atoms with Crippen molar-refractivity contribution in [1.29, 1.82) is 0 Å². The van der Waals surface area contributed by atoms with Crippen LogP contribution >= 0.6 is 0 Å². The summed E-state index contributed by atoms with van der Waals surface area (Å²) in [6.45, 7) is 6.19. The van der Waals surface area contributed by atoms with E-state index in [9.17, 15) is 0 Å². The summed E-state index contributed by atoms with van der Waals surface area (Å²) in [7, 11) is 3.35. The lowest BCUT2D eigenvalue weighted by molar-refractivity contribution is -0.0417. The summed E-state index contributed by atoms with van der Waals surface area (Å²) in [5.74, 6) is 6.77. The van der Waals surface area contributed by atoms with Gasteiger partial charge in [-0.1, -0.05) is 18.2 Å². The van der Waals surface area contributed by atoms with Crippen molar-refractivity contribution in [2.75, 3.05) is 14.2 Å². The van der Waals surface area contributed by atoms with Gasteiger partial charge in [-0.3, -0.25) is 0 Å². The predicted molar refractivity (Wildman–Crippen MR) is 85.2 cm³/mol. The molecule has 3 nitrogen and oxygen atoms in total. The van der Waals surface area contributed by atoms with Crippen LogP contribution in [0.4, 0.5) is 0 Å². The predicted octanol–water partition coefficient (Wildman–Crippen LogP) is 3.58. The topological polar surface area (TPSA) is 27.7 Å². The minimum Gasteiger partial charge on any atom is -0.497 e. The van der Waals surface area contributed by atoms with Gasteiger partial charge in [0, 0.05) is 13.5 Å². The first-order valence-corrected chi connectivity index (χ1v) is 7.04. The van der Waals surface area contributed by atoms with Crippen LogP contribution in [-0.4, -0.2) is 26.4 Å².